The van der Waals surface area contributed by atoms with Crippen LogP contribution in [0, 0.1) is 0 Å². The highest BCUT2D eigenvalue weighted by atomic mass is 16.5. The van der Waals surface area contributed by atoms with Crippen LogP contribution in [0.15, 0.2) is 0 Å². The number of methoxy groups -OCH3 is 1. The molecule has 4 nitrogen and oxygen atoms in total. The van der Waals surface area contributed by atoms with Crippen molar-refractivity contribution in [1.29, 1.82) is 0 Å². The maximum absolute atomic E-state index is 11.9. The van der Waals surface area contributed by atoms with Gasteiger partial charge < -0.3 is 15.4 Å². The first-order chi connectivity index (χ1) is 6.49. The number of nitrogens with two attached hydrogens (primary N) is 1. The van der Waals surface area contributed by atoms with E-state index in [1.165, 1.54) is 0 Å². The van der Waals surface area contributed by atoms with Gasteiger partial charge in [0.2, 0.25) is 5.91 Å². The summed E-state index contributed by atoms with van der Waals surface area (Å²) in [5.74, 6) is 0.00866. The molecule has 1 unspecified atom stereocenters. The Bertz CT molecular complexity index is 216. The highest BCUT2D eigenvalue weighted by Crippen LogP contribution is 2.28. The third-order valence-corrected chi connectivity index (χ3v) is 2.83. The van der Waals surface area contributed by atoms with Gasteiger partial charge in [-0.3, -0.25) is 4.79 Å². The normalized spacial score (nSPS) is 22.4. The van der Waals surface area contributed by atoms with Crippen molar-refractivity contribution in [3.63, 3.8) is 0 Å². The lowest BCUT2D eigenvalue weighted by atomic mass is 10.0. The topological polar surface area (TPSA) is 55.6 Å². The molecule has 1 amide bonds. The molecule has 1 rings (SSSR count). The summed E-state index contributed by atoms with van der Waals surface area (Å²) >= 11 is 0. The summed E-state index contributed by atoms with van der Waals surface area (Å²) in [4.78, 5) is 13.7. The van der Waals surface area contributed by atoms with E-state index in [0.29, 0.717) is 6.61 Å². The van der Waals surface area contributed by atoms with Gasteiger partial charge >= 0.3 is 0 Å². The summed E-state index contributed by atoms with van der Waals surface area (Å²) in [5, 5.41) is 0. The van der Waals surface area contributed by atoms with Crippen molar-refractivity contribution in [2.45, 2.75) is 38.3 Å². The van der Waals surface area contributed by atoms with Crippen LogP contribution in [0.5, 0.6) is 0 Å². The van der Waals surface area contributed by atoms with Crippen LogP contribution in [-0.2, 0) is 9.53 Å². The fraction of sp³-hybridized carbons (Fsp3) is 0.900. The number of carbonyl (C=O) groups is 1. The summed E-state index contributed by atoms with van der Waals surface area (Å²) in [6.07, 6.45) is 2.12. The van der Waals surface area contributed by atoms with Crippen LogP contribution in [0.2, 0.25) is 0 Å². The van der Waals surface area contributed by atoms with Crippen molar-refractivity contribution in [3.8, 4) is 0 Å². The fourth-order valence-corrected chi connectivity index (χ4v) is 1.97. The van der Waals surface area contributed by atoms with Crippen LogP contribution in [0.4, 0.5) is 0 Å². The Hall–Kier alpha value is -0.610. The summed E-state index contributed by atoms with van der Waals surface area (Å²) in [6.45, 7) is 5.28. The SMILES string of the molecule is COCC(N)C(=O)N1CCCC1(C)C. The molecule has 1 fully saturated rings. The van der Waals surface area contributed by atoms with Gasteiger partial charge in [0.25, 0.3) is 0 Å². The van der Waals surface area contributed by atoms with E-state index in [0.717, 1.165) is 19.4 Å². The van der Waals surface area contributed by atoms with Crippen molar-refractivity contribution in [3.05, 3.63) is 0 Å². The van der Waals surface area contributed by atoms with E-state index in [4.69, 9.17) is 10.5 Å². The summed E-state index contributed by atoms with van der Waals surface area (Å²) < 4.78 is 4.88. The number of hydrogen-bond donors (Lipinski definition) is 1. The highest BCUT2D eigenvalue weighted by molar-refractivity contribution is 5.82. The van der Waals surface area contributed by atoms with Gasteiger partial charge in [0.15, 0.2) is 0 Å². The average molecular weight is 200 g/mol. The van der Waals surface area contributed by atoms with E-state index < -0.39 is 6.04 Å². The smallest absolute Gasteiger partial charge is 0.242 e. The van der Waals surface area contributed by atoms with Crippen LogP contribution < -0.4 is 5.73 Å². The number of nitrogens with zero attached hydrogens (tertiary/aromatic N) is 1. The molecule has 1 saturated heterocycles. The Labute approximate surface area is 85.4 Å². The third-order valence-electron chi connectivity index (χ3n) is 2.83. The van der Waals surface area contributed by atoms with Crippen LogP contribution >= 0.6 is 0 Å². The van der Waals surface area contributed by atoms with E-state index >= 15 is 0 Å². The van der Waals surface area contributed by atoms with Gasteiger partial charge in [-0.2, -0.15) is 0 Å². The molecule has 0 radical (unpaired) electrons. The molecule has 1 atom stereocenters. The van der Waals surface area contributed by atoms with Gasteiger partial charge in [-0.15, -0.1) is 0 Å². The van der Waals surface area contributed by atoms with Crippen molar-refractivity contribution in [1.82, 2.24) is 4.90 Å². The number of rotatable bonds is 3. The minimum absolute atomic E-state index is 0.00866. The van der Waals surface area contributed by atoms with E-state index in [9.17, 15) is 4.79 Å². The molecule has 14 heavy (non-hydrogen) atoms. The van der Waals surface area contributed by atoms with Gasteiger partial charge in [-0.1, -0.05) is 0 Å². The molecule has 82 valence electrons. The summed E-state index contributed by atoms with van der Waals surface area (Å²) in [6, 6.07) is -0.516. The molecule has 0 aliphatic carbocycles. The largest absolute Gasteiger partial charge is 0.383 e. The lowest BCUT2D eigenvalue weighted by Crippen LogP contribution is -2.51. The van der Waals surface area contributed by atoms with Gasteiger partial charge in [0.05, 0.1) is 6.61 Å². The fourth-order valence-electron chi connectivity index (χ4n) is 1.97. The number of ether oxygens (including phenoxy) is 1. The van der Waals surface area contributed by atoms with Gasteiger partial charge in [0, 0.05) is 19.2 Å². The Morgan fingerprint density at radius 3 is 2.71 bits per heavy atom. The lowest BCUT2D eigenvalue weighted by molar-refractivity contribution is -0.136. The molecular formula is C10H20N2O2. The van der Waals surface area contributed by atoms with Gasteiger partial charge in [0.1, 0.15) is 6.04 Å². The first kappa shape index (κ1) is 11.5. The molecule has 0 bridgehead atoms. The Balaban J connectivity index is 2.60. The zero-order chi connectivity index (χ0) is 10.8. The minimum atomic E-state index is -0.516. The number of carbonyl (C=O) groups excluding carboxylic acids is 1. The van der Waals surface area contributed by atoms with Crippen molar-refractivity contribution < 1.29 is 9.53 Å². The molecule has 0 saturated carbocycles. The second-order valence-electron chi connectivity index (χ2n) is 4.47. The number of likely N-dealkylation sites (tertiary alicyclic amines) is 1. The average Bonchev–Trinajstić information content (AvgIpc) is 2.44. The standard InChI is InChI=1S/C10H20N2O2/c1-10(2)5-4-6-12(10)9(13)8(11)7-14-3/h8H,4-7,11H2,1-3H3. The second-order valence-corrected chi connectivity index (χ2v) is 4.47. The van der Waals surface area contributed by atoms with Crippen molar-refractivity contribution in [2.75, 3.05) is 20.3 Å². The van der Waals surface area contributed by atoms with Gasteiger partial charge in [-0.05, 0) is 26.7 Å². The van der Waals surface area contributed by atoms with Crippen molar-refractivity contribution >= 4 is 5.91 Å². The molecule has 0 aromatic carbocycles. The molecule has 0 aromatic rings. The predicted molar refractivity (Wildman–Crippen MR) is 54.9 cm³/mol. The van der Waals surface area contributed by atoms with E-state index in [1.54, 1.807) is 7.11 Å². The molecule has 2 N–H and O–H groups in total. The van der Waals surface area contributed by atoms with E-state index in [-0.39, 0.29) is 11.4 Å². The maximum atomic E-state index is 11.9. The highest BCUT2D eigenvalue weighted by Gasteiger charge is 2.37. The molecule has 0 aromatic heterocycles. The number of amides is 1. The molecule has 4 heteroatoms. The van der Waals surface area contributed by atoms with E-state index in [1.807, 2.05) is 4.90 Å². The quantitative estimate of drug-likeness (QED) is 0.715. The Morgan fingerprint density at radius 2 is 2.29 bits per heavy atom. The second kappa shape index (κ2) is 4.28. The molecule has 1 heterocycles. The first-order valence-corrected chi connectivity index (χ1v) is 5.05. The predicted octanol–water partition coefficient (Wildman–Crippen LogP) is 0.361. The number of hydrogen-bond acceptors (Lipinski definition) is 3. The van der Waals surface area contributed by atoms with Crippen LogP contribution in [0.3, 0.4) is 0 Å². The van der Waals surface area contributed by atoms with Crippen molar-refractivity contribution in [2.24, 2.45) is 5.73 Å². The maximum Gasteiger partial charge on any atom is 0.242 e. The summed E-state index contributed by atoms with van der Waals surface area (Å²) in [7, 11) is 1.56. The lowest BCUT2D eigenvalue weighted by Gasteiger charge is -2.33. The first-order valence-electron chi connectivity index (χ1n) is 5.05. The molecule has 1 aliphatic rings. The monoisotopic (exact) mass is 200 g/mol. The third kappa shape index (κ3) is 2.25. The van der Waals surface area contributed by atoms with E-state index in [2.05, 4.69) is 13.8 Å². The van der Waals surface area contributed by atoms with Crippen LogP contribution in [-0.4, -0.2) is 42.6 Å². The van der Waals surface area contributed by atoms with Crippen LogP contribution in [0.25, 0.3) is 0 Å². The Kier molecular flexibility index (Phi) is 3.50. The summed E-state index contributed by atoms with van der Waals surface area (Å²) in [5.41, 5.74) is 5.67. The van der Waals surface area contributed by atoms with Gasteiger partial charge in [-0.25, -0.2) is 0 Å². The molecular weight excluding hydrogens is 180 g/mol. The molecule has 1 aliphatic heterocycles. The van der Waals surface area contributed by atoms with Crippen LogP contribution in [0.1, 0.15) is 26.7 Å². The Morgan fingerprint density at radius 1 is 1.64 bits per heavy atom. The zero-order valence-electron chi connectivity index (χ0n) is 9.25. The molecule has 0 spiro atoms. The zero-order valence-corrected chi connectivity index (χ0v) is 9.25. The minimum Gasteiger partial charge on any atom is -0.383 e.